The summed E-state index contributed by atoms with van der Waals surface area (Å²) in [5.41, 5.74) is -2.43. The second-order valence-electron chi connectivity index (χ2n) is 7.47. The van der Waals surface area contributed by atoms with Crippen LogP contribution in [0.5, 0.6) is 0 Å². The maximum absolute atomic E-state index is 14.1. The minimum atomic E-state index is -2.41. The van der Waals surface area contributed by atoms with Crippen LogP contribution < -0.4 is 10.2 Å². The van der Waals surface area contributed by atoms with Crippen molar-refractivity contribution in [3.05, 3.63) is 84.0 Å². The number of benzene rings is 1. The van der Waals surface area contributed by atoms with Crippen LogP contribution in [0.4, 0.5) is 14.5 Å². The molecule has 0 aliphatic carbocycles. The summed E-state index contributed by atoms with van der Waals surface area (Å²) in [6, 6.07) is 9.17. The molecule has 0 saturated heterocycles. The molecule has 2 atom stereocenters. The van der Waals surface area contributed by atoms with Gasteiger partial charge in [0.1, 0.15) is 12.1 Å². The van der Waals surface area contributed by atoms with E-state index in [2.05, 4.69) is 20.3 Å². The lowest BCUT2D eigenvalue weighted by molar-refractivity contribution is -0.131. The summed E-state index contributed by atoms with van der Waals surface area (Å²) >= 11 is 5.52. The van der Waals surface area contributed by atoms with Crippen LogP contribution in [0.1, 0.15) is 23.7 Å². The molecule has 172 valence electrons. The molecule has 33 heavy (non-hydrogen) atoms. The molecule has 3 rings (SSSR count). The van der Waals surface area contributed by atoms with Gasteiger partial charge in [-0.25, -0.2) is 18.7 Å². The van der Waals surface area contributed by atoms with E-state index >= 15 is 0 Å². The second kappa shape index (κ2) is 10.4. The molecule has 0 radical (unpaired) electrons. The molecule has 2 aromatic heterocycles. The van der Waals surface area contributed by atoms with Gasteiger partial charge in [-0.3, -0.25) is 19.5 Å². The van der Waals surface area contributed by atoms with Gasteiger partial charge in [0.25, 0.3) is 17.4 Å². The van der Waals surface area contributed by atoms with Gasteiger partial charge in [0.15, 0.2) is 5.54 Å². The molecule has 2 amide bonds. The fraction of sp³-hybridized carbons (Fsp3) is 0.261. The third kappa shape index (κ3) is 5.48. The Morgan fingerprint density at radius 3 is 2.52 bits per heavy atom. The van der Waals surface area contributed by atoms with Gasteiger partial charge < -0.3 is 5.32 Å². The van der Waals surface area contributed by atoms with Crippen LogP contribution in [0.3, 0.4) is 0 Å². The Labute approximate surface area is 194 Å². The van der Waals surface area contributed by atoms with Crippen LogP contribution in [0.2, 0.25) is 0 Å². The van der Waals surface area contributed by atoms with Crippen molar-refractivity contribution in [3.8, 4) is 0 Å². The van der Waals surface area contributed by atoms with Crippen LogP contribution in [0, 0.1) is 12.7 Å². The fourth-order valence-corrected chi connectivity index (χ4v) is 3.49. The van der Waals surface area contributed by atoms with E-state index in [0.717, 1.165) is 4.90 Å². The SMILES string of the molecule is Cc1ccc(N(C(=O)[C@H](F)Cl)[C@](C)(C(=O)NCCc2cccc(F)c2)c2cncnc2)cn1. The fourth-order valence-electron chi connectivity index (χ4n) is 3.39. The summed E-state index contributed by atoms with van der Waals surface area (Å²) in [6.45, 7) is 3.33. The van der Waals surface area contributed by atoms with Crippen molar-refractivity contribution in [1.29, 1.82) is 0 Å². The third-order valence-electron chi connectivity index (χ3n) is 5.16. The van der Waals surface area contributed by atoms with Crippen LogP contribution in [-0.2, 0) is 21.5 Å². The number of halogens is 3. The number of hydrogen-bond donors (Lipinski definition) is 1. The van der Waals surface area contributed by atoms with Crippen molar-refractivity contribution in [2.75, 3.05) is 11.4 Å². The number of alkyl halides is 2. The van der Waals surface area contributed by atoms with E-state index in [-0.39, 0.29) is 23.6 Å². The van der Waals surface area contributed by atoms with Gasteiger partial charge in [-0.2, -0.15) is 0 Å². The molecular formula is C23H22ClF2N5O2. The number of carbonyl (C=O) groups is 2. The lowest BCUT2D eigenvalue weighted by Crippen LogP contribution is -2.58. The average molecular weight is 474 g/mol. The van der Waals surface area contributed by atoms with Gasteiger partial charge in [0.2, 0.25) is 0 Å². The van der Waals surface area contributed by atoms with Gasteiger partial charge in [-0.15, -0.1) is 0 Å². The van der Waals surface area contributed by atoms with E-state index in [0.29, 0.717) is 17.7 Å². The van der Waals surface area contributed by atoms with Crippen LogP contribution in [0.25, 0.3) is 0 Å². The molecule has 0 unspecified atom stereocenters. The highest BCUT2D eigenvalue weighted by Gasteiger charge is 2.47. The van der Waals surface area contributed by atoms with E-state index in [1.165, 1.54) is 44.0 Å². The van der Waals surface area contributed by atoms with Crippen molar-refractivity contribution in [2.45, 2.75) is 31.4 Å². The summed E-state index contributed by atoms with van der Waals surface area (Å²) in [4.78, 5) is 39.4. The van der Waals surface area contributed by atoms with E-state index < -0.39 is 23.0 Å². The first kappa shape index (κ1) is 24.2. The number of pyridine rings is 1. The summed E-state index contributed by atoms with van der Waals surface area (Å²) in [5, 5.41) is 2.75. The number of rotatable bonds is 8. The van der Waals surface area contributed by atoms with E-state index in [1.54, 1.807) is 31.2 Å². The Morgan fingerprint density at radius 2 is 1.91 bits per heavy atom. The van der Waals surface area contributed by atoms with Crippen molar-refractivity contribution < 1.29 is 18.4 Å². The molecule has 0 aliphatic heterocycles. The number of aryl methyl sites for hydroxylation is 1. The van der Waals surface area contributed by atoms with Gasteiger partial charge in [-0.05, 0) is 50.1 Å². The van der Waals surface area contributed by atoms with Crippen LogP contribution in [-0.4, -0.2) is 38.9 Å². The van der Waals surface area contributed by atoms with E-state index in [9.17, 15) is 18.4 Å². The monoisotopic (exact) mass is 473 g/mol. The molecule has 0 fully saturated rings. The third-order valence-corrected chi connectivity index (χ3v) is 5.35. The van der Waals surface area contributed by atoms with E-state index in [1.807, 2.05) is 0 Å². The molecule has 3 aromatic rings. The van der Waals surface area contributed by atoms with Crippen LogP contribution >= 0.6 is 11.6 Å². The summed E-state index contributed by atoms with van der Waals surface area (Å²) < 4.78 is 27.5. The minimum Gasteiger partial charge on any atom is -0.353 e. The molecule has 0 saturated carbocycles. The van der Waals surface area contributed by atoms with Gasteiger partial charge in [0.05, 0.1) is 11.9 Å². The molecule has 10 heteroatoms. The summed E-state index contributed by atoms with van der Waals surface area (Å²) in [5.74, 6) is -2.15. The zero-order valence-corrected chi connectivity index (χ0v) is 18.8. The standard InChI is InChI=1S/C23H22ClF2N5O2/c1-15-6-7-19(13-30-15)31(21(32)20(24)26)23(2,17-11-27-14-28-12-17)22(33)29-9-8-16-4-3-5-18(25)10-16/h3-7,10-14,20H,8-9H2,1-2H3,(H,29,33)/t20-,23-/m0/s1. The molecule has 0 spiro atoms. The quantitative estimate of drug-likeness (QED) is 0.506. The predicted molar refractivity (Wildman–Crippen MR) is 120 cm³/mol. The van der Waals surface area contributed by atoms with E-state index in [4.69, 9.17) is 11.6 Å². The zero-order chi connectivity index (χ0) is 24.0. The number of aromatic nitrogens is 3. The Balaban J connectivity index is 1.99. The average Bonchev–Trinajstić information content (AvgIpc) is 2.80. The van der Waals surface area contributed by atoms with Crippen molar-refractivity contribution in [3.63, 3.8) is 0 Å². The largest absolute Gasteiger partial charge is 0.353 e. The smallest absolute Gasteiger partial charge is 0.278 e. The van der Waals surface area contributed by atoms with Crippen molar-refractivity contribution in [1.82, 2.24) is 20.3 Å². The molecule has 0 aliphatic rings. The number of hydrogen-bond acceptors (Lipinski definition) is 5. The zero-order valence-electron chi connectivity index (χ0n) is 18.0. The topological polar surface area (TPSA) is 88.1 Å². The van der Waals surface area contributed by atoms with Crippen molar-refractivity contribution in [2.24, 2.45) is 0 Å². The molecule has 0 bridgehead atoms. The first-order valence-electron chi connectivity index (χ1n) is 10.1. The maximum atomic E-state index is 14.1. The highest BCUT2D eigenvalue weighted by atomic mass is 35.5. The Morgan fingerprint density at radius 1 is 1.18 bits per heavy atom. The molecule has 7 nitrogen and oxygen atoms in total. The highest BCUT2D eigenvalue weighted by Crippen LogP contribution is 2.34. The molecule has 1 aromatic carbocycles. The number of nitrogens with zero attached hydrogens (tertiary/aromatic N) is 4. The molecule has 2 heterocycles. The van der Waals surface area contributed by atoms with Gasteiger partial charge >= 0.3 is 0 Å². The number of nitrogens with one attached hydrogen (secondary N) is 1. The van der Waals surface area contributed by atoms with Gasteiger partial charge in [0, 0.05) is 30.2 Å². The Bertz CT molecular complexity index is 1120. The Kier molecular flexibility index (Phi) is 7.65. The maximum Gasteiger partial charge on any atom is 0.278 e. The highest BCUT2D eigenvalue weighted by molar-refractivity contribution is 6.32. The van der Waals surface area contributed by atoms with Gasteiger partial charge in [-0.1, -0.05) is 23.7 Å². The van der Waals surface area contributed by atoms with Crippen LogP contribution in [0.15, 0.2) is 61.3 Å². The second-order valence-corrected chi connectivity index (χ2v) is 7.85. The minimum absolute atomic E-state index is 0.139. The molecular weight excluding hydrogens is 452 g/mol. The predicted octanol–water partition coefficient (Wildman–Crippen LogP) is 3.46. The first-order valence-corrected chi connectivity index (χ1v) is 10.5. The summed E-state index contributed by atoms with van der Waals surface area (Å²) in [6.07, 6.45) is 5.69. The lowest BCUT2D eigenvalue weighted by Gasteiger charge is -2.40. The number of amides is 2. The Hall–Kier alpha value is -3.46. The molecule has 1 N–H and O–H groups in total. The normalized spacial score (nSPS) is 13.6. The first-order chi connectivity index (χ1) is 15.7. The summed E-state index contributed by atoms with van der Waals surface area (Å²) in [7, 11) is 0. The number of anilines is 1. The number of carbonyl (C=O) groups excluding carboxylic acids is 2. The lowest BCUT2D eigenvalue weighted by atomic mass is 9.90. The van der Waals surface area contributed by atoms with Crippen molar-refractivity contribution >= 4 is 29.1 Å².